The minimum absolute atomic E-state index is 1.22. The molecular formula is C48H30. The SMILES string of the molecule is c1ccc(-c2ccc(-c3ccccc3-c3c4ccccc4c(-c4ccc5ccc6cccc7ccc4c5c67)c4ccccc34)cc2)cc1. The van der Waals surface area contributed by atoms with Crippen LogP contribution in [-0.4, -0.2) is 0 Å². The van der Waals surface area contributed by atoms with Crippen LogP contribution in [0.4, 0.5) is 0 Å². The quantitative estimate of drug-likeness (QED) is 0.138. The maximum Gasteiger partial charge on any atom is -0.00201 e. The Morgan fingerprint density at radius 2 is 0.667 bits per heavy atom. The molecule has 0 aliphatic carbocycles. The third-order valence-electron chi connectivity index (χ3n) is 10.2. The Labute approximate surface area is 279 Å². The topological polar surface area (TPSA) is 0 Å². The molecule has 0 N–H and O–H groups in total. The lowest BCUT2D eigenvalue weighted by Gasteiger charge is -2.21. The molecule has 0 atom stereocenters. The summed E-state index contributed by atoms with van der Waals surface area (Å²) in [5, 5.41) is 13.0. The van der Waals surface area contributed by atoms with Gasteiger partial charge in [-0.1, -0.05) is 182 Å². The average Bonchev–Trinajstić information content (AvgIpc) is 3.16. The van der Waals surface area contributed by atoms with Crippen LogP contribution >= 0.6 is 0 Å². The number of hydrogen-bond donors (Lipinski definition) is 0. The number of fused-ring (bicyclic) bond motifs is 2. The van der Waals surface area contributed by atoms with Crippen LogP contribution in [0.2, 0.25) is 0 Å². The van der Waals surface area contributed by atoms with Crippen LogP contribution in [0.5, 0.6) is 0 Å². The van der Waals surface area contributed by atoms with E-state index >= 15 is 0 Å². The van der Waals surface area contributed by atoms with Gasteiger partial charge in [0.25, 0.3) is 0 Å². The monoisotopic (exact) mass is 606 g/mol. The van der Waals surface area contributed by atoms with E-state index in [0.717, 1.165) is 0 Å². The molecule has 0 heteroatoms. The molecule has 0 amide bonds. The molecule has 10 aromatic rings. The summed E-state index contributed by atoms with van der Waals surface area (Å²) >= 11 is 0. The highest BCUT2D eigenvalue weighted by Gasteiger charge is 2.21. The van der Waals surface area contributed by atoms with Gasteiger partial charge in [0.15, 0.2) is 0 Å². The second kappa shape index (κ2) is 10.7. The first kappa shape index (κ1) is 26.9. The Balaban J connectivity index is 1.25. The van der Waals surface area contributed by atoms with Crippen LogP contribution in [0.15, 0.2) is 182 Å². The Morgan fingerprint density at radius 3 is 1.31 bits per heavy atom. The van der Waals surface area contributed by atoms with E-state index in [2.05, 4.69) is 182 Å². The van der Waals surface area contributed by atoms with Gasteiger partial charge in [0, 0.05) is 0 Å². The highest BCUT2D eigenvalue weighted by atomic mass is 14.2. The fourth-order valence-corrected chi connectivity index (χ4v) is 8.09. The van der Waals surface area contributed by atoms with Gasteiger partial charge in [0.1, 0.15) is 0 Å². The Kier molecular flexibility index (Phi) is 5.98. The molecule has 0 bridgehead atoms. The van der Waals surface area contributed by atoms with Crippen molar-refractivity contribution in [2.75, 3.05) is 0 Å². The van der Waals surface area contributed by atoms with Gasteiger partial charge in [-0.2, -0.15) is 0 Å². The minimum Gasteiger partial charge on any atom is -0.0622 e. The lowest BCUT2D eigenvalue weighted by atomic mass is 9.82. The predicted molar refractivity (Wildman–Crippen MR) is 207 cm³/mol. The van der Waals surface area contributed by atoms with E-state index in [1.54, 1.807) is 0 Å². The van der Waals surface area contributed by atoms with Gasteiger partial charge in [0.2, 0.25) is 0 Å². The van der Waals surface area contributed by atoms with Crippen LogP contribution in [0, 0.1) is 0 Å². The molecule has 0 saturated carbocycles. The second-order valence-corrected chi connectivity index (χ2v) is 12.8. The lowest BCUT2D eigenvalue weighted by Crippen LogP contribution is -1.94. The fourth-order valence-electron chi connectivity index (χ4n) is 8.09. The first-order valence-corrected chi connectivity index (χ1v) is 16.7. The van der Waals surface area contributed by atoms with E-state index in [9.17, 15) is 0 Å². The maximum atomic E-state index is 2.35. The standard InChI is InChI=1S/C48H30/c1-2-11-31(12-3-1)32-21-23-33(24-22-32)37-15-4-5-16-38(37)47-39-17-6-8-19-41(39)48(42-20-9-7-18-40(42)47)44-30-28-36-26-25-34-13-10-14-35-27-29-43(44)46(36)45(34)35/h1-30H. The van der Waals surface area contributed by atoms with Crippen molar-refractivity contribution in [3.63, 3.8) is 0 Å². The average molecular weight is 607 g/mol. The smallest absolute Gasteiger partial charge is 0.00201 e. The number of benzene rings is 10. The first-order valence-electron chi connectivity index (χ1n) is 16.7. The fraction of sp³-hybridized carbons (Fsp3) is 0. The van der Waals surface area contributed by atoms with Crippen LogP contribution in [0.25, 0.3) is 98.4 Å². The summed E-state index contributed by atoms with van der Waals surface area (Å²) in [6.07, 6.45) is 0. The normalized spacial score (nSPS) is 11.8. The van der Waals surface area contributed by atoms with Gasteiger partial charge in [-0.15, -0.1) is 0 Å². The molecule has 10 aromatic carbocycles. The van der Waals surface area contributed by atoms with Gasteiger partial charge in [0.05, 0.1) is 0 Å². The molecule has 0 aromatic heterocycles. The molecular weight excluding hydrogens is 577 g/mol. The van der Waals surface area contributed by atoms with Gasteiger partial charge in [-0.05, 0) is 98.4 Å². The molecule has 0 heterocycles. The summed E-state index contributed by atoms with van der Waals surface area (Å²) in [6, 6.07) is 67.0. The maximum absolute atomic E-state index is 2.35. The van der Waals surface area contributed by atoms with Crippen LogP contribution in [-0.2, 0) is 0 Å². The van der Waals surface area contributed by atoms with Gasteiger partial charge in [-0.25, -0.2) is 0 Å². The van der Waals surface area contributed by atoms with Crippen molar-refractivity contribution >= 4 is 53.9 Å². The van der Waals surface area contributed by atoms with Crippen molar-refractivity contribution in [1.29, 1.82) is 0 Å². The molecule has 10 rings (SSSR count). The highest BCUT2D eigenvalue weighted by molar-refractivity contribution is 6.29. The Hall–Kier alpha value is -6.24. The minimum atomic E-state index is 1.22. The van der Waals surface area contributed by atoms with Crippen molar-refractivity contribution in [2.45, 2.75) is 0 Å². The van der Waals surface area contributed by atoms with E-state index in [-0.39, 0.29) is 0 Å². The van der Waals surface area contributed by atoms with Crippen LogP contribution < -0.4 is 0 Å². The van der Waals surface area contributed by atoms with E-state index < -0.39 is 0 Å². The summed E-state index contributed by atoms with van der Waals surface area (Å²) < 4.78 is 0. The molecule has 222 valence electrons. The predicted octanol–water partition coefficient (Wildman–Crippen LogP) is 13.6. The molecule has 0 aliphatic heterocycles. The van der Waals surface area contributed by atoms with E-state index in [0.29, 0.717) is 0 Å². The third-order valence-corrected chi connectivity index (χ3v) is 10.2. The molecule has 48 heavy (non-hydrogen) atoms. The van der Waals surface area contributed by atoms with E-state index in [1.807, 2.05) is 0 Å². The van der Waals surface area contributed by atoms with Crippen molar-refractivity contribution in [1.82, 2.24) is 0 Å². The summed E-state index contributed by atoms with van der Waals surface area (Å²) in [6.45, 7) is 0. The van der Waals surface area contributed by atoms with Crippen LogP contribution in [0.1, 0.15) is 0 Å². The Bertz CT molecular complexity index is 2730. The molecule has 0 saturated heterocycles. The molecule has 0 aliphatic rings. The van der Waals surface area contributed by atoms with Crippen LogP contribution in [0.3, 0.4) is 0 Å². The number of rotatable bonds is 4. The first-order chi connectivity index (χ1) is 23.8. The Morgan fingerprint density at radius 1 is 0.208 bits per heavy atom. The molecule has 0 spiro atoms. The van der Waals surface area contributed by atoms with Crippen molar-refractivity contribution < 1.29 is 0 Å². The zero-order valence-corrected chi connectivity index (χ0v) is 26.3. The summed E-state index contributed by atoms with van der Waals surface area (Å²) in [7, 11) is 0. The molecule has 0 nitrogen and oxygen atoms in total. The zero-order chi connectivity index (χ0) is 31.6. The van der Waals surface area contributed by atoms with Crippen molar-refractivity contribution in [3.05, 3.63) is 182 Å². The molecule has 0 unspecified atom stereocenters. The van der Waals surface area contributed by atoms with E-state index in [4.69, 9.17) is 0 Å². The second-order valence-electron chi connectivity index (χ2n) is 12.8. The molecule has 0 fully saturated rings. The van der Waals surface area contributed by atoms with Gasteiger partial charge in [-0.3, -0.25) is 0 Å². The molecule has 0 radical (unpaired) electrons. The van der Waals surface area contributed by atoms with Gasteiger partial charge < -0.3 is 0 Å². The summed E-state index contributed by atoms with van der Waals surface area (Å²) in [4.78, 5) is 0. The van der Waals surface area contributed by atoms with E-state index in [1.165, 1.54) is 98.4 Å². The van der Waals surface area contributed by atoms with Gasteiger partial charge >= 0.3 is 0 Å². The van der Waals surface area contributed by atoms with Crippen molar-refractivity contribution in [3.8, 4) is 44.5 Å². The highest BCUT2D eigenvalue weighted by Crippen LogP contribution is 2.48. The zero-order valence-electron chi connectivity index (χ0n) is 26.3. The summed E-state index contributed by atoms with van der Waals surface area (Å²) in [5.74, 6) is 0. The largest absolute Gasteiger partial charge is 0.0622 e. The lowest BCUT2D eigenvalue weighted by molar-refractivity contribution is 1.58. The van der Waals surface area contributed by atoms with Crippen molar-refractivity contribution in [2.24, 2.45) is 0 Å². The summed E-state index contributed by atoms with van der Waals surface area (Å²) in [5.41, 5.74) is 10.0. The number of hydrogen-bond acceptors (Lipinski definition) is 0. The third kappa shape index (κ3) is 4.03.